The Bertz CT molecular complexity index is 455. The summed E-state index contributed by atoms with van der Waals surface area (Å²) in [6.45, 7) is 1.56. The van der Waals surface area contributed by atoms with Gasteiger partial charge in [-0.05, 0) is 41.8 Å². The van der Waals surface area contributed by atoms with Crippen molar-refractivity contribution in [2.45, 2.75) is 31.8 Å². The molecule has 1 amide bonds. The minimum Gasteiger partial charge on any atom is -0.480 e. The summed E-state index contributed by atoms with van der Waals surface area (Å²) in [5, 5.41) is 10.8. The van der Waals surface area contributed by atoms with Gasteiger partial charge in [0, 0.05) is 11.4 Å². The quantitative estimate of drug-likeness (QED) is 0.928. The molecule has 0 aromatic carbocycles. The normalized spacial score (nSPS) is 16.6. The number of rotatable bonds is 4. The van der Waals surface area contributed by atoms with Crippen LogP contribution in [0.25, 0.3) is 0 Å². The Balaban J connectivity index is 2.21. The summed E-state index contributed by atoms with van der Waals surface area (Å²) in [5.41, 5.74) is 0.557. The molecule has 6 heteroatoms. The summed E-state index contributed by atoms with van der Waals surface area (Å²) in [5.74, 6) is -1.15. The number of aliphatic carboxylic acids is 1. The first-order chi connectivity index (χ1) is 8.00. The third-order valence-corrected chi connectivity index (χ3v) is 4.27. The summed E-state index contributed by atoms with van der Waals surface area (Å²) < 4.78 is 0.875. The molecule has 1 N–H and O–H groups in total. The van der Waals surface area contributed by atoms with E-state index in [0.717, 1.165) is 16.6 Å². The first kappa shape index (κ1) is 12.6. The predicted octanol–water partition coefficient (Wildman–Crippen LogP) is 2.59. The van der Waals surface area contributed by atoms with E-state index in [9.17, 15) is 9.59 Å². The molecule has 0 bridgehead atoms. The van der Waals surface area contributed by atoms with E-state index in [2.05, 4.69) is 15.9 Å². The van der Waals surface area contributed by atoms with Gasteiger partial charge in [0.05, 0.1) is 9.35 Å². The second-order valence-electron chi connectivity index (χ2n) is 4.10. The molecule has 2 rings (SSSR count). The second-order valence-corrected chi connectivity index (χ2v) is 6.39. The van der Waals surface area contributed by atoms with Crippen molar-refractivity contribution < 1.29 is 14.7 Å². The number of carboxylic acid groups (broad SMARTS) is 1. The molecule has 92 valence electrons. The molecule has 1 atom stereocenters. The molecule has 0 spiro atoms. The van der Waals surface area contributed by atoms with Crippen molar-refractivity contribution in [3.8, 4) is 0 Å². The molecule has 4 nitrogen and oxygen atoms in total. The van der Waals surface area contributed by atoms with E-state index in [4.69, 9.17) is 5.11 Å². The highest BCUT2D eigenvalue weighted by Crippen LogP contribution is 2.31. The first-order valence-corrected chi connectivity index (χ1v) is 6.97. The van der Waals surface area contributed by atoms with E-state index in [1.165, 1.54) is 16.2 Å². The summed E-state index contributed by atoms with van der Waals surface area (Å²) in [7, 11) is 0. The highest BCUT2D eigenvalue weighted by atomic mass is 79.9. The van der Waals surface area contributed by atoms with Gasteiger partial charge in [0.25, 0.3) is 5.91 Å². The zero-order chi connectivity index (χ0) is 12.6. The topological polar surface area (TPSA) is 57.6 Å². The molecule has 1 aromatic rings. The van der Waals surface area contributed by atoms with Crippen molar-refractivity contribution in [2.24, 2.45) is 0 Å². The lowest BCUT2D eigenvalue weighted by Gasteiger charge is -2.26. The molecule has 1 heterocycles. The lowest BCUT2D eigenvalue weighted by atomic mass is 10.2. The van der Waals surface area contributed by atoms with Crippen LogP contribution >= 0.6 is 27.3 Å². The monoisotopic (exact) mass is 317 g/mol. The molecule has 1 saturated carbocycles. The molecular weight excluding hydrogens is 306 g/mol. The maximum atomic E-state index is 12.2. The maximum absolute atomic E-state index is 12.2. The molecule has 1 fully saturated rings. The van der Waals surface area contributed by atoms with Gasteiger partial charge in [-0.25, -0.2) is 4.79 Å². The zero-order valence-electron chi connectivity index (χ0n) is 9.22. The fraction of sp³-hybridized carbons (Fsp3) is 0.455. The van der Waals surface area contributed by atoms with Crippen LogP contribution in [0.3, 0.4) is 0 Å². The number of halogens is 1. The van der Waals surface area contributed by atoms with Crippen molar-refractivity contribution >= 4 is 39.1 Å². The summed E-state index contributed by atoms with van der Waals surface area (Å²) in [4.78, 5) is 24.7. The molecule has 0 saturated heterocycles. The van der Waals surface area contributed by atoms with Gasteiger partial charge in [0.2, 0.25) is 0 Å². The minimum atomic E-state index is -0.959. The van der Waals surface area contributed by atoms with Gasteiger partial charge in [-0.1, -0.05) is 0 Å². The second kappa shape index (κ2) is 4.78. The van der Waals surface area contributed by atoms with Crippen LogP contribution in [-0.2, 0) is 4.79 Å². The van der Waals surface area contributed by atoms with Crippen LogP contribution in [0.5, 0.6) is 0 Å². The number of hydrogen-bond donors (Lipinski definition) is 1. The standard InChI is InChI=1S/C11H12BrNO3S/c1-6(11(15)16)13(8-2-3-8)10(14)7-4-9(12)17-5-7/h4-6,8H,2-3H2,1H3,(H,15,16). The largest absolute Gasteiger partial charge is 0.480 e. The Morgan fingerprint density at radius 2 is 2.24 bits per heavy atom. The Labute approximate surface area is 111 Å². The fourth-order valence-electron chi connectivity index (χ4n) is 1.70. The summed E-state index contributed by atoms with van der Waals surface area (Å²) in [6.07, 6.45) is 1.79. The number of nitrogens with zero attached hydrogens (tertiary/aromatic N) is 1. The highest BCUT2D eigenvalue weighted by molar-refractivity contribution is 9.11. The lowest BCUT2D eigenvalue weighted by molar-refractivity contribution is -0.141. The van der Waals surface area contributed by atoms with Gasteiger partial charge in [0.15, 0.2) is 0 Å². The van der Waals surface area contributed by atoms with Crippen molar-refractivity contribution in [3.63, 3.8) is 0 Å². The smallest absolute Gasteiger partial charge is 0.326 e. The molecule has 0 radical (unpaired) electrons. The Morgan fingerprint density at radius 3 is 2.65 bits per heavy atom. The van der Waals surface area contributed by atoms with E-state index < -0.39 is 12.0 Å². The highest BCUT2D eigenvalue weighted by Gasteiger charge is 2.38. The van der Waals surface area contributed by atoms with Crippen LogP contribution in [0.1, 0.15) is 30.1 Å². The van der Waals surface area contributed by atoms with Gasteiger partial charge < -0.3 is 10.0 Å². The van der Waals surface area contributed by atoms with Gasteiger partial charge >= 0.3 is 5.97 Å². The van der Waals surface area contributed by atoms with Crippen molar-refractivity contribution in [1.82, 2.24) is 4.90 Å². The van der Waals surface area contributed by atoms with Crippen molar-refractivity contribution in [3.05, 3.63) is 20.8 Å². The van der Waals surface area contributed by atoms with Gasteiger partial charge in [-0.2, -0.15) is 0 Å². The average Bonchev–Trinajstić information content (AvgIpc) is 3.00. The Kier molecular flexibility index (Phi) is 3.53. The minimum absolute atomic E-state index is 0.0901. The fourth-order valence-corrected chi connectivity index (χ4v) is 2.83. The van der Waals surface area contributed by atoms with Gasteiger partial charge in [-0.15, -0.1) is 11.3 Å². The molecular formula is C11H12BrNO3S. The molecule has 1 unspecified atom stereocenters. The van der Waals surface area contributed by atoms with Crippen LogP contribution in [0.15, 0.2) is 15.2 Å². The number of carboxylic acids is 1. The van der Waals surface area contributed by atoms with Crippen LogP contribution in [0.2, 0.25) is 0 Å². The Hall–Kier alpha value is -0.880. The third kappa shape index (κ3) is 2.69. The van der Waals surface area contributed by atoms with Crippen LogP contribution < -0.4 is 0 Å². The van der Waals surface area contributed by atoms with E-state index >= 15 is 0 Å². The van der Waals surface area contributed by atoms with Gasteiger partial charge in [0.1, 0.15) is 6.04 Å². The molecule has 1 aromatic heterocycles. The molecule has 0 aliphatic heterocycles. The zero-order valence-corrected chi connectivity index (χ0v) is 11.6. The van der Waals surface area contributed by atoms with E-state index in [-0.39, 0.29) is 11.9 Å². The van der Waals surface area contributed by atoms with E-state index in [1.807, 2.05) is 0 Å². The molecule has 1 aliphatic carbocycles. The maximum Gasteiger partial charge on any atom is 0.326 e. The predicted molar refractivity (Wildman–Crippen MR) is 68.3 cm³/mol. The third-order valence-electron chi connectivity index (χ3n) is 2.76. The lowest BCUT2D eigenvalue weighted by Crippen LogP contribution is -2.44. The number of hydrogen-bond acceptors (Lipinski definition) is 3. The Morgan fingerprint density at radius 1 is 1.59 bits per heavy atom. The number of amides is 1. The average molecular weight is 318 g/mol. The number of thiophene rings is 1. The van der Waals surface area contributed by atoms with Crippen LogP contribution in [0.4, 0.5) is 0 Å². The van der Waals surface area contributed by atoms with Crippen molar-refractivity contribution in [1.29, 1.82) is 0 Å². The van der Waals surface area contributed by atoms with Crippen LogP contribution in [-0.4, -0.2) is 34.0 Å². The summed E-state index contributed by atoms with van der Waals surface area (Å²) >= 11 is 4.72. The summed E-state index contributed by atoms with van der Waals surface area (Å²) in [6, 6.07) is 1.05. The number of carbonyl (C=O) groups is 2. The van der Waals surface area contributed by atoms with Crippen LogP contribution in [0, 0.1) is 0 Å². The number of carbonyl (C=O) groups excluding carboxylic acids is 1. The van der Waals surface area contributed by atoms with Gasteiger partial charge in [-0.3, -0.25) is 4.79 Å². The molecule has 1 aliphatic rings. The van der Waals surface area contributed by atoms with Crippen molar-refractivity contribution in [2.75, 3.05) is 0 Å². The SMILES string of the molecule is CC(C(=O)O)N(C(=O)c1csc(Br)c1)C1CC1. The van der Waals surface area contributed by atoms with E-state index in [1.54, 1.807) is 18.4 Å². The van der Waals surface area contributed by atoms with E-state index in [0.29, 0.717) is 5.56 Å². The molecule has 17 heavy (non-hydrogen) atoms. The first-order valence-electron chi connectivity index (χ1n) is 5.30.